The summed E-state index contributed by atoms with van der Waals surface area (Å²) in [5.41, 5.74) is 5.59. The summed E-state index contributed by atoms with van der Waals surface area (Å²) in [4.78, 5) is 0. The van der Waals surface area contributed by atoms with Crippen LogP contribution in [0.2, 0.25) is 0 Å². The molecule has 62 valence electrons. The minimum Gasteiger partial charge on any atom is -0.452 e. The molecule has 11 heavy (non-hydrogen) atoms. The highest BCUT2D eigenvalue weighted by Gasteiger charge is 2.21. The normalized spacial score (nSPS) is 16.4. The van der Waals surface area contributed by atoms with E-state index in [1.807, 2.05) is 26.0 Å². The molecule has 2 N–H and O–H groups in total. The van der Waals surface area contributed by atoms with E-state index in [0.717, 1.165) is 16.9 Å². The molecule has 1 rings (SSSR count). The monoisotopic (exact) mass is 217 g/mol. The molecular formula is C8H12BrNO. The van der Waals surface area contributed by atoms with Crippen LogP contribution in [0.25, 0.3) is 0 Å². The van der Waals surface area contributed by atoms with E-state index in [0.29, 0.717) is 0 Å². The van der Waals surface area contributed by atoms with E-state index in [4.69, 9.17) is 10.2 Å². The lowest BCUT2D eigenvalue weighted by Crippen LogP contribution is -2.31. The molecule has 2 nitrogen and oxygen atoms in total. The van der Waals surface area contributed by atoms with Crippen molar-refractivity contribution < 1.29 is 4.42 Å². The number of rotatable bonds is 2. The Morgan fingerprint density at radius 2 is 2.27 bits per heavy atom. The third-order valence-corrected chi connectivity index (χ3v) is 2.30. The van der Waals surface area contributed by atoms with Gasteiger partial charge in [0.2, 0.25) is 0 Å². The van der Waals surface area contributed by atoms with Crippen molar-refractivity contribution in [1.82, 2.24) is 0 Å². The van der Waals surface area contributed by atoms with Gasteiger partial charge < -0.3 is 10.2 Å². The van der Waals surface area contributed by atoms with Crippen molar-refractivity contribution in [3.63, 3.8) is 0 Å². The molecule has 0 amide bonds. The van der Waals surface area contributed by atoms with E-state index in [2.05, 4.69) is 15.9 Å². The summed E-state index contributed by atoms with van der Waals surface area (Å²) >= 11 is 3.23. The fourth-order valence-electron chi connectivity index (χ4n) is 0.795. The fourth-order valence-corrected chi connectivity index (χ4v) is 1.10. The third-order valence-electron chi connectivity index (χ3n) is 1.87. The van der Waals surface area contributed by atoms with E-state index in [-0.39, 0.29) is 5.54 Å². The molecule has 0 fully saturated rings. The average Bonchev–Trinajstić information content (AvgIpc) is 2.36. The van der Waals surface area contributed by atoms with Crippen LogP contribution in [-0.2, 0) is 5.54 Å². The van der Waals surface area contributed by atoms with Crippen molar-refractivity contribution in [2.24, 2.45) is 5.73 Å². The van der Waals surface area contributed by atoms with Crippen molar-refractivity contribution in [3.05, 3.63) is 22.6 Å². The summed E-state index contributed by atoms with van der Waals surface area (Å²) in [5, 5.41) is 0. The Morgan fingerprint density at radius 3 is 2.64 bits per heavy atom. The van der Waals surface area contributed by atoms with Crippen LogP contribution in [0, 0.1) is 0 Å². The number of furan rings is 1. The SMILES string of the molecule is CCC(C)(N)c1ccc(Br)o1. The zero-order valence-electron chi connectivity index (χ0n) is 6.73. The number of hydrogen-bond acceptors (Lipinski definition) is 2. The highest BCUT2D eigenvalue weighted by atomic mass is 79.9. The molecule has 3 heteroatoms. The van der Waals surface area contributed by atoms with Gasteiger partial charge in [0.05, 0.1) is 5.54 Å². The zero-order chi connectivity index (χ0) is 8.48. The van der Waals surface area contributed by atoms with E-state index >= 15 is 0 Å². The van der Waals surface area contributed by atoms with E-state index in [1.165, 1.54) is 0 Å². The van der Waals surface area contributed by atoms with Gasteiger partial charge in [-0.05, 0) is 41.4 Å². The maximum atomic E-state index is 5.94. The quantitative estimate of drug-likeness (QED) is 0.828. The predicted molar refractivity (Wildman–Crippen MR) is 48.2 cm³/mol. The Bertz CT molecular complexity index is 242. The fraction of sp³-hybridized carbons (Fsp3) is 0.500. The summed E-state index contributed by atoms with van der Waals surface area (Å²) in [5.74, 6) is 0.826. The second kappa shape index (κ2) is 2.99. The summed E-state index contributed by atoms with van der Waals surface area (Å²) in [7, 11) is 0. The molecule has 0 saturated carbocycles. The molecule has 0 aliphatic heterocycles. The van der Waals surface area contributed by atoms with Crippen LogP contribution >= 0.6 is 15.9 Å². The van der Waals surface area contributed by atoms with Crippen molar-refractivity contribution in [1.29, 1.82) is 0 Å². The molecular weight excluding hydrogens is 206 g/mol. The zero-order valence-corrected chi connectivity index (χ0v) is 8.31. The Morgan fingerprint density at radius 1 is 1.64 bits per heavy atom. The Kier molecular flexibility index (Phi) is 2.40. The van der Waals surface area contributed by atoms with Crippen LogP contribution in [0.3, 0.4) is 0 Å². The lowest BCUT2D eigenvalue weighted by Gasteiger charge is -2.18. The molecule has 1 heterocycles. The highest BCUT2D eigenvalue weighted by Crippen LogP contribution is 2.25. The van der Waals surface area contributed by atoms with Gasteiger partial charge in [0.1, 0.15) is 5.76 Å². The Hall–Kier alpha value is -0.280. The molecule has 0 bridgehead atoms. The van der Waals surface area contributed by atoms with Gasteiger partial charge in [0.25, 0.3) is 0 Å². The molecule has 0 aliphatic carbocycles. The summed E-state index contributed by atoms with van der Waals surface area (Å²) in [6, 6.07) is 3.75. The Labute approximate surface area is 74.9 Å². The molecule has 0 radical (unpaired) electrons. The van der Waals surface area contributed by atoms with Crippen molar-refractivity contribution in [2.45, 2.75) is 25.8 Å². The largest absolute Gasteiger partial charge is 0.452 e. The first-order chi connectivity index (χ1) is 5.06. The molecule has 1 aromatic rings. The average molecular weight is 218 g/mol. The lowest BCUT2D eigenvalue weighted by molar-refractivity contribution is 0.351. The summed E-state index contributed by atoms with van der Waals surface area (Å²) < 4.78 is 6.06. The Balaban J connectivity index is 2.92. The molecule has 0 saturated heterocycles. The van der Waals surface area contributed by atoms with E-state index in [1.54, 1.807) is 0 Å². The van der Waals surface area contributed by atoms with Crippen LogP contribution in [0.4, 0.5) is 0 Å². The summed E-state index contributed by atoms with van der Waals surface area (Å²) in [6.07, 6.45) is 0.868. The lowest BCUT2D eigenvalue weighted by atomic mass is 9.98. The van der Waals surface area contributed by atoms with E-state index in [9.17, 15) is 0 Å². The molecule has 0 aromatic carbocycles. The topological polar surface area (TPSA) is 39.2 Å². The van der Waals surface area contributed by atoms with Gasteiger partial charge in [-0.25, -0.2) is 0 Å². The van der Waals surface area contributed by atoms with Gasteiger partial charge in [-0.2, -0.15) is 0 Å². The number of halogens is 1. The minimum absolute atomic E-state index is 0.341. The highest BCUT2D eigenvalue weighted by molar-refractivity contribution is 9.10. The van der Waals surface area contributed by atoms with Crippen LogP contribution in [0.1, 0.15) is 26.0 Å². The molecule has 1 atom stereocenters. The predicted octanol–water partition coefficient (Wildman–Crippen LogP) is 2.63. The maximum Gasteiger partial charge on any atom is 0.169 e. The number of nitrogens with two attached hydrogens (primary N) is 1. The van der Waals surface area contributed by atoms with Gasteiger partial charge in [0, 0.05) is 0 Å². The maximum absolute atomic E-state index is 5.94. The molecule has 0 spiro atoms. The van der Waals surface area contributed by atoms with Gasteiger partial charge in [-0.3, -0.25) is 0 Å². The van der Waals surface area contributed by atoms with Crippen LogP contribution in [-0.4, -0.2) is 0 Å². The molecule has 1 unspecified atom stereocenters. The standard InChI is InChI=1S/C8H12BrNO/c1-3-8(2,10)6-4-5-7(9)11-6/h4-5H,3,10H2,1-2H3. The minimum atomic E-state index is -0.341. The second-order valence-corrected chi connectivity index (χ2v) is 3.66. The number of hydrogen-bond donors (Lipinski definition) is 1. The van der Waals surface area contributed by atoms with Gasteiger partial charge >= 0.3 is 0 Å². The van der Waals surface area contributed by atoms with E-state index < -0.39 is 0 Å². The first kappa shape index (κ1) is 8.81. The van der Waals surface area contributed by atoms with Gasteiger partial charge in [0.15, 0.2) is 4.67 Å². The van der Waals surface area contributed by atoms with Crippen LogP contribution < -0.4 is 5.73 Å². The first-order valence-electron chi connectivity index (χ1n) is 3.61. The summed E-state index contributed by atoms with van der Waals surface area (Å²) in [6.45, 7) is 3.99. The van der Waals surface area contributed by atoms with Crippen molar-refractivity contribution in [2.75, 3.05) is 0 Å². The van der Waals surface area contributed by atoms with Gasteiger partial charge in [-0.1, -0.05) is 6.92 Å². The third kappa shape index (κ3) is 1.84. The van der Waals surface area contributed by atoms with Crippen LogP contribution in [0.15, 0.2) is 21.2 Å². The van der Waals surface area contributed by atoms with Gasteiger partial charge in [-0.15, -0.1) is 0 Å². The second-order valence-electron chi connectivity index (χ2n) is 2.87. The smallest absolute Gasteiger partial charge is 0.169 e. The molecule has 0 aliphatic rings. The van der Waals surface area contributed by atoms with Crippen molar-refractivity contribution in [3.8, 4) is 0 Å². The molecule has 1 aromatic heterocycles. The van der Waals surface area contributed by atoms with Crippen LogP contribution in [0.5, 0.6) is 0 Å². The van der Waals surface area contributed by atoms with Crippen molar-refractivity contribution >= 4 is 15.9 Å². The first-order valence-corrected chi connectivity index (χ1v) is 4.40.